The lowest BCUT2D eigenvalue weighted by Crippen LogP contribution is -2.00. The first-order chi connectivity index (χ1) is 8.31. The van der Waals surface area contributed by atoms with Crippen molar-refractivity contribution in [2.24, 2.45) is 0 Å². The number of aromatic nitrogens is 1. The van der Waals surface area contributed by atoms with Crippen LogP contribution < -0.4 is 4.74 Å². The summed E-state index contributed by atoms with van der Waals surface area (Å²) >= 11 is 0. The zero-order valence-corrected chi connectivity index (χ0v) is 9.55. The van der Waals surface area contributed by atoms with Crippen LogP contribution in [0.25, 0.3) is 0 Å². The van der Waals surface area contributed by atoms with Crippen molar-refractivity contribution in [1.82, 2.24) is 4.98 Å². The largest absolute Gasteiger partial charge is 0.472 e. The number of hydrogen-bond acceptors (Lipinski definition) is 3. The molecule has 0 amide bonds. The molecule has 17 heavy (non-hydrogen) atoms. The Bertz CT molecular complexity index is 558. The summed E-state index contributed by atoms with van der Waals surface area (Å²) in [6, 6.07) is 13.5. The standard InChI is InChI=1S/C14H12N2O/c1-11-5-2-3-6-13(11)10-17-14-12(9-15)7-4-8-16-14/h2-8H,10H2,1H3. The SMILES string of the molecule is Cc1ccccc1COc1ncccc1C#N. The van der Waals surface area contributed by atoms with Gasteiger partial charge in [-0.2, -0.15) is 5.26 Å². The van der Waals surface area contributed by atoms with Gasteiger partial charge in [-0.15, -0.1) is 0 Å². The highest BCUT2D eigenvalue weighted by Crippen LogP contribution is 2.16. The summed E-state index contributed by atoms with van der Waals surface area (Å²) in [6.07, 6.45) is 1.62. The van der Waals surface area contributed by atoms with E-state index in [9.17, 15) is 0 Å². The van der Waals surface area contributed by atoms with Crippen molar-refractivity contribution in [2.45, 2.75) is 13.5 Å². The van der Waals surface area contributed by atoms with Gasteiger partial charge in [-0.05, 0) is 30.2 Å². The molecule has 0 aliphatic carbocycles. The van der Waals surface area contributed by atoms with Gasteiger partial charge in [0.25, 0.3) is 0 Å². The minimum Gasteiger partial charge on any atom is -0.472 e. The third-order valence-electron chi connectivity index (χ3n) is 2.52. The van der Waals surface area contributed by atoms with Gasteiger partial charge in [0.05, 0.1) is 0 Å². The van der Waals surface area contributed by atoms with Crippen LogP contribution in [-0.4, -0.2) is 4.98 Å². The number of aryl methyl sites for hydroxylation is 1. The van der Waals surface area contributed by atoms with E-state index in [1.54, 1.807) is 18.3 Å². The fraction of sp³-hybridized carbons (Fsp3) is 0.143. The van der Waals surface area contributed by atoms with Crippen molar-refractivity contribution in [2.75, 3.05) is 0 Å². The number of benzene rings is 1. The Morgan fingerprint density at radius 1 is 1.24 bits per heavy atom. The van der Waals surface area contributed by atoms with Crippen molar-refractivity contribution >= 4 is 0 Å². The first-order valence-corrected chi connectivity index (χ1v) is 5.33. The van der Waals surface area contributed by atoms with Crippen molar-refractivity contribution < 1.29 is 4.74 Å². The van der Waals surface area contributed by atoms with Crippen LogP contribution >= 0.6 is 0 Å². The molecule has 0 saturated heterocycles. The monoisotopic (exact) mass is 224 g/mol. The summed E-state index contributed by atoms with van der Waals surface area (Å²) in [4.78, 5) is 4.05. The zero-order chi connectivity index (χ0) is 12.1. The third kappa shape index (κ3) is 2.61. The maximum atomic E-state index is 8.90. The second kappa shape index (κ2) is 5.13. The molecule has 3 nitrogen and oxygen atoms in total. The Kier molecular flexibility index (Phi) is 3.37. The molecule has 0 radical (unpaired) electrons. The normalized spacial score (nSPS) is 9.65. The van der Waals surface area contributed by atoms with Crippen LogP contribution in [0.1, 0.15) is 16.7 Å². The Morgan fingerprint density at radius 2 is 2.06 bits per heavy atom. The molecule has 2 aromatic rings. The molecule has 0 aliphatic heterocycles. The van der Waals surface area contributed by atoms with Gasteiger partial charge >= 0.3 is 0 Å². The molecular formula is C14H12N2O. The minimum atomic E-state index is 0.387. The molecule has 0 N–H and O–H groups in total. The zero-order valence-electron chi connectivity index (χ0n) is 9.55. The molecule has 2 rings (SSSR count). The van der Waals surface area contributed by atoms with Crippen LogP contribution in [0, 0.1) is 18.3 Å². The predicted molar refractivity (Wildman–Crippen MR) is 64.5 cm³/mol. The van der Waals surface area contributed by atoms with E-state index in [0.29, 0.717) is 18.1 Å². The van der Waals surface area contributed by atoms with E-state index in [-0.39, 0.29) is 0 Å². The summed E-state index contributed by atoms with van der Waals surface area (Å²) in [5, 5.41) is 8.90. The number of hydrogen-bond donors (Lipinski definition) is 0. The van der Waals surface area contributed by atoms with Gasteiger partial charge in [0.15, 0.2) is 0 Å². The fourth-order valence-electron chi connectivity index (χ4n) is 1.51. The average Bonchev–Trinajstić information content (AvgIpc) is 2.38. The highest BCUT2D eigenvalue weighted by atomic mass is 16.5. The smallest absolute Gasteiger partial charge is 0.231 e. The summed E-state index contributed by atoms with van der Waals surface area (Å²) in [5.41, 5.74) is 2.73. The number of pyridine rings is 1. The summed E-state index contributed by atoms with van der Waals surface area (Å²) in [5.74, 6) is 0.387. The lowest BCUT2D eigenvalue weighted by Gasteiger charge is -2.08. The van der Waals surface area contributed by atoms with Crippen LogP contribution in [0.4, 0.5) is 0 Å². The lowest BCUT2D eigenvalue weighted by atomic mass is 10.1. The fourth-order valence-corrected chi connectivity index (χ4v) is 1.51. The molecule has 1 aromatic heterocycles. The van der Waals surface area contributed by atoms with Crippen LogP contribution in [-0.2, 0) is 6.61 Å². The molecule has 1 aromatic carbocycles. The van der Waals surface area contributed by atoms with Crippen molar-refractivity contribution in [3.05, 3.63) is 59.3 Å². The molecule has 0 bridgehead atoms. The maximum absolute atomic E-state index is 8.90. The molecule has 0 aliphatic rings. The van der Waals surface area contributed by atoms with E-state index in [1.807, 2.05) is 31.2 Å². The molecule has 1 heterocycles. The van der Waals surface area contributed by atoms with Gasteiger partial charge in [0, 0.05) is 6.20 Å². The molecule has 3 heteroatoms. The highest BCUT2D eigenvalue weighted by molar-refractivity contribution is 5.37. The van der Waals surface area contributed by atoms with Crippen LogP contribution in [0.5, 0.6) is 5.88 Å². The molecular weight excluding hydrogens is 212 g/mol. The minimum absolute atomic E-state index is 0.387. The van der Waals surface area contributed by atoms with E-state index in [0.717, 1.165) is 5.56 Å². The van der Waals surface area contributed by atoms with Crippen molar-refractivity contribution in [3.63, 3.8) is 0 Å². The van der Waals surface area contributed by atoms with Crippen molar-refractivity contribution in [1.29, 1.82) is 5.26 Å². The Hall–Kier alpha value is -2.34. The van der Waals surface area contributed by atoms with E-state index in [4.69, 9.17) is 10.00 Å². The molecule has 0 fully saturated rings. The van der Waals surface area contributed by atoms with E-state index in [2.05, 4.69) is 11.1 Å². The molecule has 0 spiro atoms. The molecule has 84 valence electrons. The Labute approximate surface area is 100 Å². The number of ether oxygens (including phenoxy) is 1. The summed E-state index contributed by atoms with van der Waals surface area (Å²) < 4.78 is 5.56. The maximum Gasteiger partial charge on any atom is 0.231 e. The first kappa shape index (κ1) is 11.2. The number of nitrogens with zero attached hydrogens (tertiary/aromatic N) is 2. The van der Waals surface area contributed by atoms with E-state index >= 15 is 0 Å². The van der Waals surface area contributed by atoms with Gasteiger partial charge in [0.1, 0.15) is 18.2 Å². The second-order valence-corrected chi connectivity index (χ2v) is 3.68. The quantitative estimate of drug-likeness (QED) is 0.805. The van der Waals surface area contributed by atoms with Gasteiger partial charge in [-0.3, -0.25) is 0 Å². The summed E-state index contributed by atoms with van der Waals surface area (Å²) in [6.45, 7) is 2.46. The van der Waals surface area contributed by atoms with Crippen molar-refractivity contribution in [3.8, 4) is 11.9 Å². The topological polar surface area (TPSA) is 45.9 Å². The second-order valence-electron chi connectivity index (χ2n) is 3.68. The Morgan fingerprint density at radius 3 is 2.82 bits per heavy atom. The van der Waals surface area contributed by atoms with Crippen LogP contribution in [0.3, 0.4) is 0 Å². The van der Waals surface area contributed by atoms with Gasteiger partial charge < -0.3 is 4.74 Å². The Balaban J connectivity index is 2.13. The highest BCUT2D eigenvalue weighted by Gasteiger charge is 2.04. The molecule has 0 unspecified atom stereocenters. The molecule has 0 atom stereocenters. The van der Waals surface area contributed by atoms with E-state index < -0.39 is 0 Å². The number of rotatable bonds is 3. The van der Waals surface area contributed by atoms with Gasteiger partial charge in [-0.1, -0.05) is 24.3 Å². The van der Waals surface area contributed by atoms with E-state index in [1.165, 1.54) is 5.56 Å². The number of nitriles is 1. The van der Waals surface area contributed by atoms with Crippen LogP contribution in [0.2, 0.25) is 0 Å². The lowest BCUT2D eigenvalue weighted by molar-refractivity contribution is 0.292. The summed E-state index contributed by atoms with van der Waals surface area (Å²) in [7, 11) is 0. The average molecular weight is 224 g/mol. The predicted octanol–water partition coefficient (Wildman–Crippen LogP) is 2.84. The third-order valence-corrected chi connectivity index (χ3v) is 2.52. The van der Waals surface area contributed by atoms with Crippen LogP contribution in [0.15, 0.2) is 42.6 Å². The first-order valence-electron chi connectivity index (χ1n) is 5.33. The van der Waals surface area contributed by atoms with Gasteiger partial charge in [-0.25, -0.2) is 4.98 Å². The van der Waals surface area contributed by atoms with Gasteiger partial charge in [0.2, 0.25) is 5.88 Å². The molecule has 0 saturated carbocycles.